The van der Waals surface area contributed by atoms with E-state index in [-0.39, 0.29) is 18.0 Å². The summed E-state index contributed by atoms with van der Waals surface area (Å²) in [6, 6.07) is 1.40. The van der Waals surface area contributed by atoms with Gasteiger partial charge in [-0.3, -0.25) is 0 Å². The first kappa shape index (κ1) is 19.1. The fraction of sp³-hybridized carbons (Fsp3) is 0.235. The molecule has 11 heteroatoms. The van der Waals surface area contributed by atoms with Crippen LogP contribution >= 0.6 is 0 Å². The van der Waals surface area contributed by atoms with Crippen molar-refractivity contribution in [1.82, 2.24) is 15.0 Å². The first-order valence-corrected chi connectivity index (χ1v) is 8.25. The van der Waals surface area contributed by atoms with E-state index < -0.39 is 23.7 Å². The van der Waals surface area contributed by atoms with Crippen LogP contribution in [0.4, 0.5) is 19.4 Å². The number of amides is 1. The Morgan fingerprint density at radius 2 is 2.00 bits per heavy atom. The molecule has 1 aliphatic rings. The molecular weight excluding hydrogens is 372 g/mol. The molecule has 0 spiro atoms. The van der Waals surface area contributed by atoms with Gasteiger partial charge in [-0.2, -0.15) is 0 Å². The van der Waals surface area contributed by atoms with Crippen molar-refractivity contribution in [2.75, 3.05) is 18.0 Å². The number of anilines is 1. The molecule has 4 N–H and O–H groups in total. The predicted molar refractivity (Wildman–Crippen MR) is 97.0 cm³/mol. The van der Waals surface area contributed by atoms with Gasteiger partial charge in [-0.05, 0) is 18.1 Å². The number of halogens is 2. The summed E-state index contributed by atoms with van der Waals surface area (Å²) in [4.78, 5) is 28.3. The van der Waals surface area contributed by atoms with Gasteiger partial charge in [0.15, 0.2) is 29.2 Å². The number of hydrogen-bond donors (Lipinski definition) is 2. The molecule has 0 aromatic carbocycles. The molecule has 0 saturated carbocycles. The van der Waals surface area contributed by atoms with Gasteiger partial charge in [-0.25, -0.2) is 28.5 Å². The molecule has 2 aromatic rings. The number of pyridine rings is 1. The molecule has 3 heterocycles. The number of aliphatic imine (C=N–C) groups is 1. The Bertz CT molecular complexity index is 928. The van der Waals surface area contributed by atoms with Crippen LogP contribution in [-0.4, -0.2) is 40.1 Å². The van der Waals surface area contributed by atoms with Gasteiger partial charge in [0.05, 0.1) is 12.4 Å². The number of guanidine groups is 1. The minimum Gasteiger partial charge on any atom is -0.443 e. The van der Waals surface area contributed by atoms with Gasteiger partial charge in [0.2, 0.25) is 0 Å². The van der Waals surface area contributed by atoms with Gasteiger partial charge in [-0.15, -0.1) is 4.99 Å². The highest BCUT2D eigenvalue weighted by Gasteiger charge is 2.21. The second-order valence-electron chi connectivity index (χ2n) is 5.85. The molecular formula is C17H17F2N7O2. The Balaban J connectivity index is 1.70. The molecule has 3 rings (SSSR count). The summed E-state index contributed by atoms with van der Waals surface area (Å²) >= 11 is 0. The quantitative estimate of drug-likeness (QED) is 0.591. The van der Waals surface area contributed by atoms with Crippen molar-refractivity contribution in [1.29, 1.82) is 0 Å². The van der Waals surface area contributed by atoms with E-state index in [1.54, 1.807) is 4.90 Å². The standard InChI is InChI=1S/C17H17F2N7O2/c18-12-7-23-14(24-8-12)10-2-5-26(6-3-10)15-13(19)11(1-4-22-15)9-28-17(27)25-16(20)21/h1-2,4,7-8H,3,5-6,9H2,(H4,20,21,25,27). The lowest BCUT2D eigenvalue weighted by atomic mass is 10.1. The summed E-state index contributed by atoms with van der Waals surface area (Å²) in [6.07, 6.45) is 4.99. The number of nitrogens with two attached hydrogens (primary N) is 2. The third kappa shape index (κ3) is 4.55. The van der Waals surface area contributed by atoms with Gasteiger partial charge in [0, 0.05) is 24.8 Å². The van der Waals surface area contributed by atoms with Crippen LogP contribution in [-0.2, 0) is 11.3 Å². The van der Waals surface area contributed by atoms with E-state index in [1.165, 1.54) is 12.3 Å². The molecule has 0 atom stereocenters. The number of ether oxygens (including phenoxy) is 1. The highest BCUT2D eigenvalue weighted by atomic mass is 19.1. The maximum absolute atomic E-state index is 14.8. The number of carbonyl (C=O) groups excluding carboxylic acids is 1. The molecule has 2 aromatic heterocycles. The molecule has 0 fully saturated rings. The zero-order valence-corrected chi connectivity index (χ0v) is 14.7. The minimum absolute atomic E-state index is 0.130. The number of carbonyl (C=O) groups is 1. The topological polar surface area (TPSA) is 133 Å². The van der Waals surface area contributed by atoms with Crippen LogP contribution in [0.2, 0.25) is 0 Å². The fourth-order valence-electron chi connectivity index (χ4n) is 2.62. The second kappa shape index (κ2) is 8.37. The average molecular weight is 389 g/mol. The van der Waals surface area contributed by atoms with E-state index in [2.05, 4.69) is 19.9 Å². The monoisotopic (exact) mass is 389 g/mol. The first-order chi connectivity index (χ1) is 13.4. The smallest absolute Gasteiger partial charge is 0.437 e. The molecule has 0 radical (unpaired) electrons. The zero-order chi connectivity index (χ0) is 20.1. The summed E-state index contributed by atoms with van der Waals surface area (Å²) < 4.78 is 32.5. The van der Waals surface area contributed by atoms with Crippen molar-refractivity contribution in [3.63, 3.8) is 0 Å². The Morgan fingerprint density at radius 3 is 2.64 bits per heavy atom. The molecule has 9 nitrogen and oxygen atoms in total. The SMILES string of the molecule is NC(N)=NC(=O)OCc1ccnc(N2CC=C(c3ncc(F)cn3)CC2)c1F. The average Bonchev–Trinajstić information content (AvgIpc) is 2.67. The van der Waals surface area contributed by atoms with Crippen molar-refractivity contribution in [2.24, 2.45) is 16.5 Å². The summed E-state index contributed by atoms with van der Waals surface area (Å²) in [5.41, 5.74) is 11.1. The first-order valence-electron chi connectivity index (χ1n) is 8.25. The lowest BCUT2D eigenvalue weighted by Crippen LogP contribution is -2.30. The highest BCUT2D eigenvalue weighted by Crippen LogP contribution is 2.26. The summed E-state index contributed by atoms with van der Waals surface area (Å²) in [5, 5.41) is 0. The highest BCUT2D eigenvalue weighted by molar-refractivity contribution is 5.87. The normalized spacial score (nSPS) is 13.6. The molecule has 28 heavy (non-hydrogen) atoms. The van der Waals surface area contributed by atoms with Crippen molar-refractivity contribution in [2.45, 2.75) is 13.0 Å². The summed E-state index contributed by atoms with van der Waals surface area (Å²) in [7, 11) is 0. The lowest BCUT2D eigenvalue weighted by molar-refractivity contribution is 0.149. The van der Waals surface area contributed by atoms with Crippen LogP contribution in [0.3, 0.4) is 0 Å². The molecule has 0 saturated heterocycles. The van der Waals surface area contributed by atoms with Gasteiger partial charge in [0.1, 0.15) is 6.61 Å². The molecule has 0 bridgehead atoms. The van der Waals surface area contributed by atoms with E-state index in [9.17, 15) is 13.6 Å². The molecule has 1 aliphatic heterocycles. The van der Waals surface area contributed by atoms with Crippen LogP contribution in [0, 0.1) is 11.6 Å². The summed E-state index contributed by atoms with van der Waals surface area (Å²) in [5.74, 6) is -0.984. The molecule has 0 unspecified atom stereocenters. The van der Waals surface area contributed by atoms with Crippen molar-refractivity contribution in [3.8, 4) is 0 Å². The van der Waals surface area contributed by atoms with Gasteiger partial charge in [-0.1, -0.05) is 6.08 Å². The van der Waals surface area contributed by atoms with E-state index in [0.717, 1.165) is 18.0 Å². The number of hydrogen-bond acceptors (Lipinski definition) is 6. The number of aromatic nitrogens is 3. The minimum atomic E-state index is -1.01. The Kier molecular flexibility index (Phi) is 5.72. The number of nitrogens with zero attached hydrogens (tertiary/aromatic N) is 5. The third-order valence-corrected chi connectivity index (χ3v) is 3.94. The summed E-state index contributed by atoms with van der Waals surface area (Å²) in [6.45, 7) is 0.500. The maximum atomic E-state index is 14.8. The van der Waals surface area contributed by atoms with Gasteiger partial charge in [0.25, 0.3) is 0 Å². The van der Waals surface area contributed by atoms with Crippen LogP contribution in [0.1, 0.15) is 17.8 Å². The van der Waals surface area contributed by atoms with Crippen molar-refractivity contribution >= 4 is 23.4 Å². The Labute approximate surface area is 158 Å². The van der Waals surface area contributed by atoms with E-state index >= 15 is 0 Å². The lowest BCUT2D eigenvalue weighted by Gasteiger charge is -2.27. The predicted octanol–water partition coefficient (Wildman–Crippen LogP) is 1.35. The Hall–Kier alpha value is -3.63. The second-order valence-corrected chi connectivity index (χ2v) is 5.85. The fourth-order valence-corrected chi connectivity index (χ4v) is 2.62. The van der Waals surface area contributed by atoms with Crippen molar-refractivity contribution < 1.29 is 18.3 Å². The van der Waals surface area contributed by atoms with Crippen LogP contribution in [0.5, 0.6) is 0 Å². The number of rotatable bonds is 4. The van der Waals surface area contributed by atoms with Crippen LogP contribution in [0.25, 0.3) is 5.57 Å². The van der Waals surface area contributed by atoms with Crippen molar-refractivity contribution in [3.05, 3.63) is 53.8 Å². The Morgan fingerprint density at radius 1 is 1.25 bits per heavy atom. The van der Waals surface area contributed by atoms with E-state index in [4.69, 9.17) is 16.2 Å². The molecule has 0 aliphatic carbocycles. The van der Waals surface area contributed by atoms with E-state index in [0.29, 0.717) is 25.3 Å². The largest absolute Gasteiger partial charge is 0.443 e. The zero-order valence-electron chi connectivity index (χ0n) is 14.7. The van der Waals surface area contributed by atoms with Crippen LogP contribution in [0.15, 0.2) is 35.7 Å². The van der Waals surface area contributed by atoms with Gasteiger partial charge < -0.3 is 21.1 Å². The van der Waals surface area contributed by atoms with E-state index in [1.807, 2.05) is 6.08 Å². The molecule has 1 amide bonds. The third-order valence-electron chi connectivity index (χ3n) is 3.94. The van der Waals surface area contributed by atoms with Crippen LogP contribution < -0.4 is 16.4 Å². The van der Waals surface area contributed by atoms with Gasteiger partial charge >= 0.3 is 6.09 Å². The molecule has 146 valence electrons. The maximum Gasteiger partial charge on any atom is 0.437 e.